The average molecular weight is 626 g/mol. The fourth-order valence-corrected chi connectivity index (χ4v) is 13.9. The van der Waals surface area contributed by atoms with E-state index in [0.29, 0.717) is 0 Å². The molecule has 0 saturated heterocycles. The molecule has 0 heterocycles. The summed E-state index contributed by atoms with van der Waals surface area (Å²) < 4.78 is 0. The van der Waals surface area contributed by atoms with Gasteiger partial charge in [-0.2, -0.15) is 0 Å². The van der Waals surface area contributed by atoms with Crippen LogP contribution in [-0.4, -0.2) is 8.80 Å². The van der Waals surface area contributed by atoms with Gasteiger partial charge in [-0.1, -0.05) is 34.2 Å². The largest absolute Gasteiger partial charge is 0.119 e. The molecule has 1 heteroatoms. The first-order chi connectivity index (χ1) is 21.1. The van der Waals surface area contributed by atoms with Crippen LogP contribution in [0.4, 0.5) is 0 Å². The molecule has 0 aromatic heterocycles. The summed E-state index contributed by atoms with van der Waals surface area (Å²) in [5.74, 6) is 0. The van der Waals surface area contributed by atoms with Gasteiger partial charge in [0, 0.05) is 10.8 Å². The summed E-state index contributed by atoms with van der Waals surface area (Å²) in [7, 11) is -1.10. The predicted molar refractivity (Wildman–Crippen MR) is 205 cm³/mol. The summed E-state index contributed by atoms with van der Waals surface area (Å²) in [5, 5.41) is 3.28. The maximum atomic E-state index is 2.60. The van der Waals surface area contributed by atoms with E-state index in [1.807, 2.05) is 0 Å². The lowest BCUT2D eigenvalue weighted by Gasteiger charge is -2.32. The Morgan fingerprint density at radius 3 is 0.783 bits per heavy atom. The summed E-state index contributed by atoms with van der Waals surface area (Å²) in [5.41, 5.74) is 33.2. The van der Waals surface area contributed by atoms with Crippen LogP contribution in [0.5, 0.6) is 0 Å². The lowest BCUT2D eigenvalue weighted by atomic mass is 9.76. The van der Waals surface area contributed by atoms with Gasteiger partial charge in [-0.3, -0.25) is 0 Å². The lowest BCUT2D eigenvalue weighted by Crippen LogP contribution is -2.47. The van der Waals surface area contributed by atoms with Crippen LogP contribution in [0.25, 0.3) is 22.3 Å². The molecule has 241 valence electrons. The molecule has 0 aliphatic heterocycles. The van der Waals surface area contributed by atoms with Crippen molar-refractivity contribution in [2.24, 2.45) is 0 Å². The van der Waals surface area contributed by atoms with Gasteiger partial charge in [0.2, 0.25) is 0 Å². The van der Waals surface area contributed by atoms with E-state index in [2.05, 4.69) is 131 Å². The standard InChI is InChI=1S/C45H57Si/c1-20-22(3)28(9)38-34(24(20)5)36-26(7)30(11)42(32(13)40(36)44(38,15)16)46(19)43-31(12)27(8)37-35-25(6)21(2)23(4)29(10)39(35)45(17,18)41(37)33(43)14/h1-19H3. The molecule has 0 bridgehead atoms. The smallest absolute Gasteiger partial charge is 0.0628 e. The second-order valence-electron chi connectivity index (χ2n) is 16.4. The zero-order chi connectivity index (χ0) is 34.4. The molecular formula is C45H57Si. The van der Waals surface area contributed by atoms with Gasteiger partial charge in [0.1, 0.15) is 8.80 Å². The highest BCUT2D eigenvalue weighted by Gasteiger charge is 2.45. The summed E-state index contributed by atoms with van der Waals surface area (Å²) in [6.07, 6.45) is 0. The quantitative estimate of drug-likeness (QED) is 0.194. The van der Waals surface area contributed by atoms with Crippen molar-refractivity contribution < 1.29 is 0 Å². The average Bonchev–Trinajstić information content (AvgIpc) is 3.38. The molecule has 0 unspecified atom stereocenters. The molecule has 0 amide bonds. The van der Waals surface area contributed by atoms with E-state index in [-0.39, 0.29) is 10.8 Å². The molecule has 0 nitrogen and oxygen atoms in total. The summed E-state index contributed by atoms with van der Waals surface area (Å²) in [4.78, 5) is 0. The number of fused-ring (bicyclic) bond motifs is 6. The maximum absolute atomic E-state index is 2.60. The Kier molecular flexibility index (Phi) is 7.22. The second-order valence-corrected chi connectivity index (χ2v) is 18.6. The third-order valence-electron chi connectivity index (χ3n) is 13.8. The Morgan fingerprint density at radius 2 is 0.500 bits per heavy atom. The molecule has 0 spiro atoms. The minimum absolute atomic E-state index is 0.0240. The molecule has 6 rings (SSSR count). The van der Waals surface area contributed by atoms with Crippen LogP contribution >= 0.6 is 0 Å². The molecule has 4 aromatic carbocycles. The zero-order valence-corrected chi connectivity index (χ0v) is 33.5. The number of rotatable bonds is 2. The van der Waals surface area contributed by atoms with Crippen LogP contribution in [-0.2, 0) is 10.8 Å². The third kappa shape index (κ3) is 3.73. The molecule has 2 aliphatic rings. The minimum atomic E-state index is -1.10. The van der Waals surface area contributed by atoms with Gasteiger partial charge in [-0.15, -0.1) is 0 Å². The summed E-state index contributed by atoms with van der Waals surface area (Å²) in [6.45, 7) is 46.0. The number of hydrogen-bond donors (Lipinski definition) is 0. The Morgan fingerprint density at radius 1 is 0.283 bits per heavy atom. The molecule has 1 radical (unpaired) electrons. The molecule has 46 heavy (non-hydrogen) atoms. The molecular weight excluding hydrogens is 569 g/mol. The highest BCUT2D eigenvalue weighted by molar-refractivity contribution is 6.85. The van der Waals surface area contributed by atoms with E-state index in [1.165, 1.54) is 89.0 Å². The number of hydrogen-bond acceptors (Lipinski definition) is 0. The van der Waals surface area contributed by atoms with Crippen LogP contribution in [0.1, 0.15) is 128 Å². The van der Waals surface area contributed by atoms with E-state index in [1.54, 1.807) is 43.8 Å². The fraction of sp³-hybridized carbons (Fsp3) is 0.467. The van der Waals surface area contributed by atoms with Crippen LogP contribution in [0.2, 0.25) is 6.55 Å². The topological polar surface area (TPSA) is 0 Å². The van der Waals surface area contributed by atoms with E-state index >= 15 is 0 Å². The van der Waals surface area contributed by atoms with Crippen LogP contribution in [0.15, 0.2) is 0 Å². The summed E-state index contributed by atoms with van der Waals surface area (Å²) in [6, 6.07) is 0. The van der Waals surface area contributed by atoms with E-state index in [4.69, 9.17) is 0 Å². The molecule has 2 aliphatic carbocycles. The van der Waals surface area contributed by atoms with Crippen LogP contribution < -0.4 is 10.4 Å². The van der Waals surface area contributed by atoms with Crippen molar-refractivity contribution in [1.29, 1.82) is 0 Å². The highest BCUT2D eigenvalue weighted by atomic mass is 28.3. The van der Waals surface area contributed by atoms with Crippen molar-refractivity contribution in [1.82, 2.24) is 0 Å². The zero-order valence-electron chi connectivity index (χ0n) is 32.5. The minimum Gasteiger partial charge on any atom is -0.0628 e. The first-order valence-electron chi connectivity index (χ1n) is 17.5. The lowest BCUT2D eigenvalue weighted by molar-refractivity contribution is 0.649. The normalized spacial score (nSPS) is 15.4. The van der Waals surface area contributed by atoms with E-state index in [0.717, 1.165) is 0 Å². The Balaban J connectivity index is 1.66. The number of benzene rings is 4. The molecule has 0 N–H and O–H groups in total. The SMILES string of the molecule is Cc1c(C)c(C)c2c(c1C)-c1c(C)c(C)c([Si](C)c3c(C)c(C)c4c(c3C)C(C)(C)c3c(C)c(C)c(C)c(C)c3-4)c(C)c1C2(C)C. The summed E-state index contributed by atoms with van der Waals surface area (Å²) >= 11 is 0. The van der Waals surface area contributed by atoms with Crippen LogP contribution in [0.3, 0.4) is 0 Å². The van der Waals surface area contributed by atoms with Gasteiger partial charge < -0.3 is 0 Å². The molecule has 0 atom stereocenters. The third-order valence-corrected chi connectivity index (χ3v) is 16.8. The first kappa shape index (κ1) is 33.0. The maximum Gasteiger partial charge on any atom is 0.119 e. The van der Waals surface area contributed by atoms with Crippen molar-refractivity contribution in [3.8, 4) is 22.3 Å². The Labute approximate surface area is 282 Å². The van der Waals surface area contributed by atoms with Gasteiger partial charge in [0.25, 0.3) is 0 Å². The van der Waals surface area contributed by atoms with Crippen LogP contribution in [0, 0.1) is 96.9 Å². The molecule has 0 fully saturated rings. The van der Waals surface area contributed by atoms with Gasteiger partial charge in [-0.25, -0.2) is 0 Å². The monoisotopic (exact) mass is 625 g/mol. The Hall–Kier alpha value is -2.90. The second kappa shape index (κ2) is 10.1. The van der Waals surface area contributed by atoms with Gasteiger partial charge in [-0.05, 0) is 230 Å². The van der Waals surface area contributed by atoms with Gasteiger partial charge in [0.15, 0.2) is 0 Å². The van der Waals surface area contributed by atoms with E-state index < -0.39 is 8.80 Å². The van der Waals surface area contributed by atoms with Crippen molar-refractivity contribution in [3.63, 3.8) is 0 Å². The van der Waals surface area contributed by atoms with Crippen molar-refractivity contribution in [3.05, 3.63) is 100 Å². The Bertz CT molecular complexity index is 1930. The molecule has 0 saturated carbocycles. The van der Waals surface area contributed by atoms with E-state index in [9.17, 15) is 0 Å². The highest BCUT2D eigenvalue weighted by Crippen LogP contribution is 2.57. The molecule has 4 aromatic rings. The van der Waals surface area contributed by atoms with Gasteiger partial charge >= 0.3 is 0 Å². The van der Waals surface area contributed by atoms with Gasteiger partial charge in [0.05, 0.1) is 0 Å². The van der Waals surface area contributed by atoms with Crippen molar-refractivity contribution >= 4 is 19.2 Å². The first-order valence-corrected chi connectivity index (χ1v) is 19.5. The predicted octanol–water partition coefficient (Wildman–Crippen LogP) is 10.9. The fourth-order valence-electron chi connectivity index (χ4n) is 10.8. The van der Waals surface area contributed by atoms with Crippen molar-refractivity contribution in [2.75, 3.05) is 0 Å². The van der Waals surface area contributed by atoms with Crippen molar-refractivity contribution in [2.45, 2.75) is 142 Å².